The van der Waals surface area contributed by atoms with Gasteiger partial charge < -0.3 is 10.1 Å². The lowest BCUT2D eigenvalue weighted by Crippen LogP contribution is -2.14. The van der Waals surface area contributed by atoms with Crippen LogP contribution >= 0.6 is 0 Å². The number of pyridine rings is 2. The number of ether oxygens (including phenoxy) is 1. The lowest BCUT2D eigenvalue weighted by atomic mass is 10.2. The molecular weight excluding hydrogens is 338 g/mol. The van der Waals surface area contributed by atoms with Crippen LogP contribution in [0.25, 0.3) is 0 Å². The van der Waals surface area contributed by atoms with E-state index < -0.39 is 10.7 Å². The molecule has 0 saturated carbocycles. The molecule has 0 fully saturated rings. The molecule has 0 aliphatic rings. The first-order valence-corrected chi connectivity index (χ1v) is 8.85. The van der Waals surface area contributed by atoms with Crippen LogP contribution in [0, 0.1) is 0 Å². The Kier molecular flexibility index (Phi) is 5.71. The SMILES string of the molecule is O=[SH](=O)c1ccc(Oc2cccnc2)cc1CNCc1cccnc1. The summed E-state index contributed by atoms with van der Waals surface area (Å²) in [7, 11) is -2.68. The highest BCUT2D eigenvalue weighted by Crippen LogP contribution is 2.24. The van der Waals surface area contributed by atoms with Gasteiger partial charge in [0, 0.05) is 31.7 Å². The Balaban J connectivity index is 1.74. The molecule has 0 aliphatic carbocycles. The van der Waals surface area contributed by atoms with E-state index in [0.717, 1.165) is 5.56 Å². The third kappa shape index (κ3) is 4.85. The first-order chi connectivity index (χ1) is 12.2. The molecular formula is C18H17N3O3S. The molecule has 0 atom stereocenters. The molecule has 2 aromatic heterocycles. The lowest BCUT2D eigenvalue weighted by Gasteiger charge is -2.10. The van der Waals surface area contributed by atoms with Crippen LogP contribution in [0.15, 0.2) is 72.1 Å². The number of rotatable bonds is 7. The standard InChI is InChI=1S/C18H17N3O3S/c22-25(23)18-6-5-16(24-17-4-2-8-20-13-17)9-15(18)12-21-11-14-3-1-7-19-10-14/h1-10,13,21,25H,11-12H2. The van der Waals surface area contributed by atoms with E-state index in [2.05, 4.69) is 15.3 Å². The van der Waals surface area contributed by atoms with Crippen LogP contribution in [0.5, 0.6) is 11.5 Å². The maximum atomic E-state index is 11.5. The van der Waals surface area contributed by atoms with E-state index in [-0.39, 0.29) is 4.90 Å². The molecule has 7 heteroatoms. The van der Waals surface area contributed by atoms with Gasteiger partial charge in [0.05, 0.1) is 11.1 Å². The van der Waals surface area contributed by atoms with Gasteiger partial charge >= 0.3 is 0 Å². The number of hydrogen-bond donors (Lipinski definition) is 2. The van der Waals surface area contributed by atoms with Crippen LogP contribution in [0.3, 0.4) is 0 Å². The van der Waals surface area contributed by atoms with Gasteiger partial charge in [-0.1, -0.05) is 6.07 Å². The molecule has 0 unspecified atom stereocenters. The van der Waals surface area contributed by atoms with E-state index >= 15 is 0 Å². The molecule has 1 N–H and O–H groups in total. The minimum atomic E-state index is -2.68. The minimum Gasteiger partial charge on any atom is -0.456 e. The third-order valence-corrected chi connectivity index (χ3v) is 4.31. The second-order valence-electron chi connectivity index (χ2n) is 5.30. The molecule has 0 saturated heterocycles. The minimum absolute atomic E-state index is 0.284. The average Bonchev–Trinajstić information content (AvgIpc) is 2.63. The zero-order valence-electron chi connectivity index (χ0n) is 13.3. The maximum absolute atomic E-state index is 11.5. The Bertz CT molecular complexity index is 892. The van der Waals surface area contributed by atoms with Crippen molar-refractivity contribution < 1.29 is 13.2 Å². The topological polar surface area (TPSA) is 81.2 Å². The summed E-state index contributed by atoms with van der Waals surface area (Å²) in [5.41, 5.74) is 1.68. The summed E-state index contributed by atoms with van der Waals surface area (Å²) in [5, 5.41) is 3.23. The third-order valence-electron chi connectivity index (χ3n) is 3.49. The highest BCUT2D eigenvalue weighted by Gasteiger charge is 2.08. The summed E-state index contributed by atoms with van der Waals surface area (Å²) >= 11 is 0. The molecule has 6 nitrogen and oxygen atoms in total. The van der Waals surface area contributed by atoms with Gasteiger partial charge in [-0.15, -0.1) is 0 Å². The first-order valence-electron chi connectivity index (χ1n) is 7.67. The Morgan fingerprint density at radius 3 is 2.40 bits per heavy atom. The van der Waals surface area contributed by atoms with Crippen molar-refractivity contribution in [3.8, 4) is 11.5 Å². The van der Waals surface area contributed by atoms with Gasteiger partial charge in [-0.3, -0.25) is 9.97 Å². The highest BCUT2D eigenvalue weighted by atomic mass is 32.2. The molecule has 2 heterocycles. The van der Waals surface area contributed by atoms with E-state index in [9.17, 15) is 8.42 Å². The van der Waals surface area contributed by atoms with Crippen LogP contribution in [0.1, 0.15) is 11.1 Å². The van der Waals surface area contributed by atoms with Crippen LogP contribution < -0.4 is 10.1 Å². The second-order valence-corrected chi connectivity index (χ2v) is 6.30. The maximum Gasteiger partial charge on any atom is 0.168 e. The fourth-order valence-corrected chi connectivity index (χ4v) is 2.91. The predicted molar refractivity (Wildman–Crippen MR) is 94.1 cm³/mol. The number of hydrogen-bond acceptors (Lipinski definition) is 6. The van der Waals surface area contributed by atoms with Crippen molar-refractivity contribution in [2.75, 3.05) is 0 Å². The van der Waals surface area contributed by atoms with Crippen molar-refractivity contribution in [3.63, 3.8) is 0 Å². The van der Waals surface area contributed by atoms with Crippen molar-refractivity contribution in [3.05, 3.63) is 78.4 Å². The monoisotopic (exact) mass is 355 g/mol. The normalized spacial score (nSPS) is 10.8. The summed E-state index contributed by atoms with van der Waals surface area (Å²) < 4.78 is 28.7. The van der Waals surface area contributed by atoms with E-state index in [1.165, 1.54) is 0 Å². The molecule has 0 radical (unpaired) electrons. The van der Waals surface area contributed by atoms with E-state index in [1.807, 2.05) is 12.1 Å². The van der Waals surface area contributed by atoms with Gasteiger partial charge in [0.2, 0.25) is 0 Å². The number of thiol groups is 1. The molecule has 3 aromatic rings. The van der Waals surface area contributed by atoms with Gasteiger partial charge in [0.15, 0.2) is 10.7 Å². The largest absolute Gasteiger partial charge is 0.456 e. The molecule has 128 valence electrons. The van der Waals surface area contributed by atoms with Crippen molar-refractivity contribution in [1.29, 1.82) is 0 Å². The smallest absolute Gasteiger partial charge is 0.168 e. The van der Waals surface area contributed by atoms with Gasteiger partial charge in [-0.25, -0.2) is 8.42 Å². The molecule has 0 amide bonds. The summed E-state index contributed by atoms with van der Waals surface area (Å²) in [6.45, 7) is 0.994. The quantitative estimate of drug-likeness (QED) is 0.634. The second kappa shape index (κ2) is 8.36. The molecule has 1 aromatic carbocycles. The van der Waals surface area contributed by atoms with E-state index in [1.54, 1.807) is 55.1 Å². The van der Waals surface area contributed by atoms with Gasteiger partial charge in [0.25, 0.3) is 0 Å². The number of benzene rings is 1. The molecule has 0 spiro atoms. The lowest BCUT2D eigenvalue weighted by molar-refractivity contribution is 0.478. The zero-order valence-corrected chi connectivity index (χ0v) is 14.2. The van der Waals surface area contributed by atoms with Gasteiger partial charge in [0.1, 0.15) is 11.5 Å². The zero-order chi connectivity index (χ0) is 17.5. The Labute approximate surface area is 147 Å². The van der Waals surface area contributed by atoms with Crippen molar-refractivity contribution in [1.82, 2.24) is 15.3 Å². The van der Waals surface area contributed by atoms with Crippen LogP contribution in [0.4, 0.5) is 0 Å². The number of nitrogens with one attached hydrogen (secondary N) is 1. The predicted octanol–water partition coefficient (Wildman–Crippen LogP) is 2.53. The van der Waals surface area contributed by atoms with Crippen LogP contribution in [0.2, 0.25) is 0 Å². The Hall–Kier alpha value is -2.77. The van der Waals surface area contributed by atoms with E-state index in [4.69, 9.17) is 4.74 Å². The fourth-order valence-electron chi connectivity index (χ4n) is 2.33. The van der Waals surface area contributed by atoms with E-state index in [0.29, 0.717) is 30.2 Å². The summed E-state index contributed by atoms with van der Waals surface area (Å²) in [5.74, 6) is 1.16. The molecule has 25 heavy (non-hydrogen) atoms. The Morgan fingerprint density at radius 1 is 0.920 bits per heavy atom. The van der Waals surface area contributed by atoms with Gasteiger partial charge in [-0.05, 0) is 47.5 Å². The molecule has 0 aliphatic heterocycles. The summed E-state index contributed by atoms with van der Waals surface area (Å²) in [6, 6.07) is 12.3. The van der Waals surface area contributed by atoms with Crippen molar-refractivity contribution in [2.45, 2.75) is 18.0 Å². The fraction of sp³-hybridized carbons (Fsp3) is 0.111. The van der Waals surface area contributed by atoms with Gasteiger partial charge in [-0.2, -0.15) is 0 Å². The number of aromatic nitrogens is 2. The summed E-state index contributed by atoms with van der Waals surface area (Å²) in [4.78, 5) is 8.33. The molecule has 3 rings (SSSR count). The highest BCUT2D eigenvalue weighted by molar-refractivity contribution is 7.72. The summed E-state index contributed by atoms with van der Waals surface area (Å²) in [6.07, 6.45) is 6.74. The van der Waals surface area contributed by atoms with Crippen molar-refractivity contribution >= 4 is 10.7 Å². The average molecular weight is 355 g/mol. The van der Waals surface area contributed by atoms with Crippen LogP contribution in [-0.4, -0.2) is 18.4 Å². The first kappa shape index (κ1) is 17.1. The molecule has 0 bridgehead atoms. The van der Waals surface area contributed by atoms with Crippen LogP contribution in [-0.2, 0) is 23.8 Å². The number of nitrogens with zero attached hydrogens (tertiary/aromatic N) is 2. The Morgan fingerprint density at radius 2 is 1.72 bits per heavy atom. The van der Waals surface area contributed by atoms with Crippen molar-refractivity contribution in [2.24, 2.45) is 0 Å².